The summed E-state index contributed by atoms with van der Waals surface area (Å²) in [5.74, 6) is 0.395. The lowest BCUT2D eigenvalue weighted by molar-refractivity contribution is -0.156. The van der Waals surface area contributed by atoms with E-state index in [9.17, 15) is 14.3 Å². The van der Waals surface area contributed by atoms with E-state index in [2.05, 4.69) is 0 Å². The molecule has 3 aromatic rings. The maximum absolute atomic E-state index is 14.3. The van der Waals surface area contributed by atoms with Crippen molar-refractivity contribution in [3.8, 4) is 5.75 Å². The molecular weight excluding hydrogens is 441 g/mol. The van der Waals surface area contributed by atoms with Crippen molar-refractivity contribution in [1.82, 2.24) is 4.98 Å². The summed E-state index contributed by atoms with van der Waals surface area (Å²) < 4.78 is 24.9. The summed E-state index contributed by atoms with van der Waals surface area (Å²) in [4.78, 5) is 18.6. The van der Waals surface area contributed by atoms with Gasteiger partial charge in [0.1, 0.15) is 17.7 Å². The van der Waals surface area contributed by atoms with Crippen molar-refractivity contribution in [2.75, 3.05) is 7.11 Å². The predicted octanol–water partition coefficient (Wildman–Crippen LogP) is 5.49. The topological polar surface area (TPSA) is 68.7 Å². The maximum Gasteiger partial charge on any atom is 0.309 e. The lowest BCUT2D eigenvalue weighted by Crippen LogP contribution is -2.31. The van der Waals surface area contributed by atoms with Gasteiger partial charge in [0, 0.05) is 33.1 Å². The molecule has 1 N–H and O–H groups in total. The summed E-state index contributed by atoms with van der Waals surface area (Å²) in [5.41, 5.74) is 2.64. The third kappa shape index (κ3) is 4.89. The molecular formula is C26H24FNO4S. The number of ether oxygens (including phenoxy) is 2. The average molecular weight is 466 g/mol. The summed E-state index contributed by atoms with van der Waals surface area (Å²) in [6.07, 6.45) is 5.02. The molecule has 1 aromatic heterocycles. The molecule has 0 radical (unpaired) electrons. The first-order valence-corrected chi connectivity index (χ1v) is 11.8. The lowest BCUT2D eigenvalue weighted by Gasteiger charge is -2.23. The Hall–Kier alpha value is -2.90. The number of esters is 1. The number of aliphatic hydroxyl groups excluding tert-OH is 1. The number of hydrogen-bond donors (Lipinski definition) is 1. The molecule has 5 rings (SSSR count). The molecule has 2 aliphatic rings. The third-order valence-electron chi connectivity index (χ3n) is 5.88. The molecule has 1 saturated carbocycles. The number of benzene rings is 2. The zero-order valence-corrected chi connectivity index (χ0v) is 19.0. The third-order valence-corrected chi connectivity index (χ3v) is 7.03. The summed E-state index contributed by atoms with van der Waals surface area (Å²) in [6.45, 7) is 0. The maximum atomic E-state index is 14.3. The number of aromatic nitrogens is 1. The second kappa shape index (κ2) is 9.15. The number of nitrogens with zero attached hydrogens (tertiary/aromatic N) is 1. The van der Waals surface area contributed by atoms with E-state index in [-0.39, 0.29) is 12.2 Å². The molecule has 2 atom stereocenters. The average Bonchev–Trinajstić information content (AvgIpc) is 3.63. The van der Waals surface area contributed by atoms with E-state index in [0.29, 0.717) is 12.3 Å². The van der Waals surface area contributed by atoms with Gasteiger partial charge in [0.2, 0.25) is 0 Å². The number of carbonyl (C=O) groups excluding carboxylic acids is 1. The number of pyridine rings is 1. The highest BCUT2D eigenvalue weighted by atomic mass is 32.2. The number of rotatable bonds is 6. The number of cyclic esters (lactones) is 1. The minimum absolute atomic E-state index is 0.0209. The Morgan fingerprint density at radius 3 is 2.70 bits per heavy atom. The standard InChI is InChI=1S/C26H24FNO4S/c1-31-18-5-8-20(9-6-18)33-26-21(10-7-19-13-17(29)14-24(30)32-19)25(15-2-3-15)28-23-11-4-16(27)12-22(23)26/h4-12,15,17,19,29H,2-3,13-14H2,1H3/b10-7+/t17-,19-/m1/s1. The predicted molar refractivity (Wildman–Crippen MR) is 125 cm³/mol. The summed E-state index contributed by atoms with van der Waals surface area (Å²) in [7, 11) is 1.63. The Morgan fingerprint density at radius 1 is 1.21 bits per heavy atom. The smallest absolute Gasteiger partial charge is 0.309 e. The number of fused-ring (bicyclic) bond motifs is 1. The van der Waals surface area contributed by atoms with Crippen LogP contribution in [0.3, 0.4) is 0 Å². The van der Waals surface area contributed by atoms with Crippen LogP contribution in [0.1, 0.15) is 42.9 Å². The fourth-order valence-electron chi connectivity index (χ4n) is 4.07. The molecule has 170 valence electrons. The van der Waals surface area contributed by atoms with E-state index < -0.39 is 18.2 Å². The van der Waals surface area contributed by atoms with E-state index in [1.807, 2.05) is 36.4 Å². The van der Waals surface area contributed by atoms with E-state index in [1.54, 1.807) is 24.9 Å². The highest BCUT2D eigenvalue weighted by molar-refractivity contribution is 7.99. The zero-order valence-electron chi connectivity index (χ0n) is 18.2. The fourth-order valence-corrected chi connectivity index (χ4v) is 5.13. The molecule has 0 spiro atoms. The van der Waals surface area contributed by atoms with Crippen LogP contribution < -0.4 is 4.74 Å². The van der Waals surface area contributed by atoms with Crippen LogP contribution in [0.4, 0.5) is 4.39 Å². The van der Waals surface area contributed by atoms with Gasteiger partial charge in [0.15, 0.2) is 0 Å². The summed E-state index contributed by atoms with van der Waals surface area (Å²) in [5, 5.41) is 10.7. The Balaban J connectivity index is 1.61. The summed E-state index contributed by atoms with van der Waals surface area (Å²) in [6, 6.07) is 12.4. The molecule has 5 nitrogen and oxygen atoms in total. The van der Waals surface area contributed by atoms with Crippen LogP contribution in [-0.2, 0) is 9.53 Å². The van der Waals surface area contributed by atoms with Gasteiger partial charge in [-0.2, -0.15) is 0 Å². The van der Waals surface area contributed by atoms with Crippen molar-refractivity contribution >= 4 is 34.7 Å². The molecule has 2 fully saturated rings. The first-order chi connectivity index (χ1) is 16.0. The Morgan fingerprint density at radius 2 is 2.00 bits per heavy atom. The quantitative estimate of drug-likeness (QED) is 0.486. The van der Waals surface area contributed by atoms with Gasteiger partial charge in [0.05, 0.1) is 30.8 Å². The van der Waals surface area contributed by atoms with Crippen molar-refractivity contribution in [3.63, 3.8) is 0 Å². The molecule has 2 heterocycles. The molecule has 7 heteroatoms. The molecule has 33 heavy (non-hydrogen) atoms. The van der Waals surface area contributed by atoms with Crippen LogP contribution >= 0.6 is 11.8 Å². The molecule has 1 saturated heterocycles. The van der Waals surface area contributed by atoms with E-state index in [0.717, 1.165) is 50.5 Å². The summed E-state index contributed by atoms with van der Waals surface area (Å²) >= 11 is 1.55. The minimum Gasteiger partial charge on any atom is -0.497 e. The second-order valence-electron chi connectivity index (χ2n) is 8.43. The largest absolute Gasteiger partial charge is 0.497 e. The van der Waals surface area contributed by atoms with Crippen molar-refractivity contribution in [1.29, 1.82) is 0 Å². The second-order valence-corrected chi connectivity index (χ2v) is 9.52. The van der Waals surface area contributed by atoms with Gasteiger partial charge in [-0.05, 0) is 61.4 Å². The SMILES string of the molecule is COc1ccc(Sc2c(/C=C/[C@@H]3C[C@@H](O)CC(=O)O3)c(C3CC3)nc3ccc(F)cc23)cc1. The van der Waals surface area contributed by atoms with Crippen LogP contribution in [0.15, 0.2) is 58.3 Å². The molecule has 1 aliphatic carbocycles. The number of carbonyl (C=O) groups is 1. The van der Waals surface area contributed by atoms with Crippen molar-refractivity contribution < 1.29 is 23.8 Å². The Kier molecular flexibility index (Phi) is 6.08. The monoisotopic (exact) mass is 465 g/mol. The Bertz CT molecular complexity index is 1220. The van der Waals surface area contributed by atoms with Gasteiger partial charge in [-0.25, -0.2) is 4.39 Å². The van der Waals surface area contributed by atoms with Crippen LogP contribution in [0.2, 0.25) is 0 Å². The highest BCUT2D eigenvalue weighted by Gasteiger charge is 2.30. The number of methoxy groups -OCH3 is 1. The van der Waals surface area contributed by atoms with Gasteiger partial charge in [-0.1, -0.05) is 17.8 Å². The van der Waals surface area contributed by atoms with Gasteiger partial charge in [-0.3, -0.25) is 9.78 Å². The van der Waals surface area contributed by atoms with Crippen LogP contribution in [-0.4, -0.2) is 35.4 Å². The molecule has 0 unspecified atom stereocenters. The molecule has 2 aromatic carbocycles. The van der Waals surface area contributed by atoms with E-state index in [1.165, 1.54) is 12.1 Å². The number of aliphatic hydroxyl groups is 1. The van der Waals surface area contributed by atoms with Crippen molar-refractivity contribution in [2.24, 2.45) is 0 Å². The van der Waals surface area contributed by atoms with Gasteiger partial charge >= 0.3 is 5.97 Å². The van der Waals surface area contributed by atoms with E-state index in [4.69, 9.17) is 14.5 Å². The minimum atomic E-state index is -0.708. The first-order valence-electron chi connectivity index (χ1n) is 11.0. The normalized spacial score (nSPS) is 20.9. The first kappa shape index (κ1) is 21.9. The van der Waals surface area contributed by atoms with Crippen molar-refractivity contribution in [2.45, 2.75) is 53.6 Å². The lowest BCUT2D eigenvalue weighted by atomic mass is 10.0. The fraction of sp³-hybridized carbons (Fsp3) is 0.308. The van der Waals surface area contributed by atoms with Crippen LogP contribution in [0.5, 0.6) is 5.75 Å². The highest BCUT2D eigenvalue weighted by Crippen LogP contribution is 2.46. The number of hydrogen-bond acceptors (Lipinski definition) is 6. The van der Waals surface area contributed by atoms with E-state index >= 15 is 0 Å². The molecule has 1 aliphatic heterocycles. The Labute approximate surface area is 195 Å². The molecule has 0 amide bonds. The van der Waals surface area contributed by atoms with Gasteiger partial charge < -0.3 is 14.6 Å². The van der Waals surface area contributed by atoms with Gasteiger partial charge in [-0.15, -0.1) is 0 Å². The van der Waals surface area contributed by atoms with Crippen molar-refractivity contribution in [3.05, 3.63) is 65.6 Å². The number of halogens is 1. The molecule has 0 bridgehead atoms. The van der Waals surface area contributed by atoms with Crippen LogP contribution in [0, 0.1) is 5.82 Å². The van der Waals surface area contributed by atoms with Gasteiger partial charge in [0.25, 0.3) is 0 Å². The van der Waals surface area contributed by atoms with Crippen LogP contribution in [0.25, 0.3) is 17.0 Å². The zero-order chi connectivity index (χ0) is 22.9.